The van der Waals surface area contributed by atoms with Gasteiger partial charge >= 0.3 is 0 Å². The third kappa shape index (κ3) is 2.56. The van der Waals surface area contributed by atoms with E-state index in [0.29, 0.717) is 25.3 Å². The molecule has 0 aromatic carbocycles. The lowest BCUT2D eigenvalue weighted by atomic mass is 9.58. The maximum absolute atomic E-state index is 12.6. The van der Waals surface area contributed by atoms with Crippen molar-refractivity contribution in [3.05, 3.63) is 29.1 Å². The van der Waals surface area contributed by atoms with Gasteiger partial charge in [0.25, 0.3) is 5.91 Å². The zero-order valence-corrected chi connectivity index (χ0v) is 13.4. The Morgan fingerprint density at radius 1 is 1.26 bits per heavy atom. The van der Waals surface area contributed by atoms with Crippen molar-refractivity contribution in [3.63, 3.8) is 0 Å². The van der Waals surface area contributed by atoms with Gasteiger partial charge in [0.2, 0.25) is 0 Å². The number of aromatic nitrogens is 1. The minimum absolute atomic E-state index is 0.0340. The first kappa shape index (κ1) is 15.1. The van der Waals surface area contributed by atoms with Crippen molar-refractivity contribution in [1.82, 2.24) is 10.3 Å². The van der Waals surface area contributed by atoms with Gasteiger partial charge in [-0.2, -0.15) is 0 Å². The molecule has 4 rings (SSSR count). The molecule has 2 atom stereocenters. The van der Waals surface area contributed by atoms with Gasteiger partial charge in [-0.15, -0.1) is 0 Å². The summed E-state index contributed by atoms with van der Waals surface area (Å²) in [5.41, 5.74) is 2.68. The van der Waals surface area contributed by atoms with Crippen LogP contribution in [0.4, 0.5) is 0 Å². The average Bonchev–Trinajstić information content (AvgIpc) is 2.61. The number of aryl methyl sites for hydroxylation is 2. The smallest absolute Gasteiger partial charge is 0.270 e. The van der Waals surface area contributed by atoms with Gasteiger partial charge < -0.3 is 15.2 Å². The van der Waals surface area contributed by atoms with Crippen LogP contribution in [0.25, 0.3) is 0 Å². The van der Waals surface area contributed by atoms with E-state index in [9.17, 15) is 9.90 Å². The van der Waals surface area contributed by atoms with E-state index in [0.717, 1.165) is 37.8 Å². The lowest BCUT2D eigenvalue weighted by molar-refractivity contribution is -0.145. The fraction of sp³-hybridized carbons (Fsp3) is 0.667. The second kappa shape index (κ2) is 5.87. The number of rotatable bonds is 2. The molecular formula is C18H24N2O3. The number of pyridine rings is 1. The molecule has 1 aliphatic heterocycles. The summed E-state index contributed by atoms with van der Waals surface area (Å²) in [6.45, 7) is 1.33. The number of aliphatic hydroxyl groups excluding tert-OH is 1. The van der Waals surface area contributed by atoms with Crippen LogP contribution < -0.4 is 5.32 Å². The van der Waals surface area contributed by atoms with Gasteiger partial charge in [-0.05, 0) is 56.6 Å². The first-order chi connectivity index (χ1) is 11.2. The Bertz CT molecular complexity index is 610. The molecule has 2 heterocycles. The van der Waals surface area contributed by atoms with Crippen LogP contribution in [0.5, 0.6) is 0 Å². The monoisotopic (exact) mass is 316 g/mol. The Balaban J connectivity index is 1.47. The first-order valence-electron chi connectivity index (χ1n) is 8.74. The van der Waals surface area contributed by atoms with E-state index in [1.807, 2.05) is 6.07 Å². The molecule has 1 amide bonds. The highest BCUT2D eigenvalue weighted by Crippen LogP contribution is 2.49. The third-order valence-electron chi connectivity index (χ3n) is 5.96. The second-order valence-electron chi connectivity index (χ2n) is 7.13. The van der Waals surface area contributed by atoms with E-state index in [4.69, 9.17) is 4.74 Å². The molecule has 1 aromatic rings. The van der Waals surface area contributed by atoms with Gasteiger partial charge in [-0.1, -0.05) is 6.07 Å². The van der Waals surface area contributed by atoms with E-state index in [-0.39, 0.29) is 23.5 Å². The SMILES string of the molecule is O=C(N[C@@H]1C[C@@H](O)C12CCOCC2)c1ccc2c(n1)CCCC2. The van der Waals surface area contributed by atoms with E-state index in [1.54, 1.807) is 0 Å². The van der Waals surface area contributed by atoms with Crippen LogP contribution >= 0.6 is 0 Å². The van der Waals surface area contributed by atoms with Crippen molar-refractivity contribution in [2.24, 2.45) is 5.41 Å². The predicted molar refractivity (Wildman–Crippen MR) is 85.2 cm³/mol. The summed E-state index contributed by atoms with van der Waals surface area (Å²) in [4.78, 5) is 17.2. The topological polar surface area (TPSA) is 71.5 Å². The number of ether oxygens (including phenoxy) is 1. The number of carbonyl (C=O) groups excluding carboxylic acids is 1. The molecule has 2 N–H and O–H groups in total. The lowest BCUT2D eigenvalue weighted by Crippen LogP contribution is -2.65. The van der Waals surface area contributed by atoms with Crippen LogP contribution in [0.2, 0.25) is 0 Å². The van der Waals surface area contributed by atoms with Gasteiger partial charge in [0.05, 0.1) is 6.10 Å². The number of fused-ring (bicyclic) bond motifs is 1. The molecule has 23 heavy (non-hydrogen) atoms. The molecular weight excluding hydrogens is 292 g/mol. The molecule has 2 aliphatic carbocycles. The second-order valence-corrected chi connectivity index (χ2v) is 7.13. The highest BCUT2D eigenvalue weighted by molar-refractivity contribution is 5.92. The number of carbonyl (C=O) groups is 1. The maximum atomic E-state index is 12.6. The van der Waals surface area contributed by atoms with Gasteiger partial charge in [-0.3, -0.25) is 4.79 Å². The fourth-order valence-electron chi connectivity index (χ4n) is 4.34. The number of nitrogens with one attached hydrogen (secondary N) is 1. The molecule has 124 valence electrons. The summed E-state index contributed by atoms with van der Waals surface area (Å²) in [6.07, 6.45) is 6.35. The first-order valence-corrected chi connectivity index (χ1v) is 8.74. The average molecular weight is 316 g/mol. The molecule has 0 bridgehead atoms. The highest BCUT2D eigenvalue weighted by Gasteiger charge is 2.55. The van der Waals surface area contributed by atoms with Crippen LogP contribution in [-0.2, 0) is 17.6 Å². The Morgan fingerprint density at radius 3 is 2.83 bits per heavy atom. The molecule has 1 spiro atoms. The highest BCUT2D eigenvalue weighted by atomic mass is 16.5. The Morgan fingerprint density at radius 2 is 2.04 bits per heavy atom. The van der Waals surface area contributed by atoms with Crippen molar-refractivity contribution < 1.29 is 14.6 Å². The molecule has 1 aromatic heterocycles. The zero-order chi connectivity index (χ0) is 15.9. The van der Waals surface area contributed by atoms with Crippen molar-refractivity contribution in [1.29, 1.82) is 0 Å². The molecule has 3 aliphatic rings. The largest absolute Gasteiger partial charge is 0.392 e. The number of hydrogen-bond acceptors (Lipinski definition) is 4. The van der Waals surface area contributed by atoms with E-state index in [2.05, 4.69) is 16.4 Å². The zero-order valence-electron chi connectivity index (χ0n) is 13.4. The maximum Gasteiger partial charge on any atom is 0.270 e. The normalized spacial score (nSPS) is 28.7. The lowest BCUT2D eigenvalue weighted by Gasteiger charge is -2.55. The standard InChI is InChI=1S/C18H24N2O3/c21-16-11-15(18(16)7-9-23-10-8-18)20-17(22)14-6-5-12-3-1-2-4-13(12)19-14/h5-6,15-16,21H,1-4,7-11H2,(H,20,22)/t15-,16-/m1/s1. The van der Waals surface area contributed by atoms with E-state index < -0.39 is 0 Å². The van der Waals surface area contributed by atoms with Crippen LogP contribution in [0.1, 0.15) is 53.8 Å². The summed E-state index contributed by atoms with van der Waals surface area (Å²) in [5.74, 6) is -0.110. The summed E-state index contributed by atoms with van der Waals surface area (Å²) < 4.78 is 5.41. The van der Waals surface area contributed by atoms with Gasteiger partial charge in [0.1, 0.15) is 5.69 Å². The number of hydrogen-bond donors (Lipinski definition) is 2. The van der Waals surface area contributed by atoms with Crippen LogP contribution in [-0.4, -0.2) is 41.4 Å². The van der Waals surface area contributed by atoms with E-state index in [1.165, 1.54) is 12.0 Å². The Kier molecular flexibility index (Phi) is 3.85. The number of amides is 1. The minimum atomic E-state index is -0.326. The quantitative estimate of drug-likeness (QED) is 0.870. The summed E-state index contributed by atoms with van der Waals surface area (Å²) in [7, 11) is 0. The van der Waals surface area contributed by atoms with Crippen molar-refractivity contribution in [2.75, 3.05) is 13.2 Å². The molecule has 0 radical (unpaired) electrons. The van der Waals surface area contributed by atoms with Crippen LogP contribution in [0, 0.1) is 5.41 Å². The number of nitrogens with zero attached hydrogens (tertiary/aromatic N) is 1. The molecule has 5 heteroatoms. The third-order valence-corrected chi connectivity index (χ3v) is 5.96. The molecule has 2 fully saturated rings. The van der Waals surface area contributed by atoms with Crippen molar-refractivity contribution >= 4 is 5.91 Å². The fourth-order valence-corrected chi connectivity index (χ4v) is 4.34. The predicted octanol–water partition coefficient (Wildman–Crippen LogP) is 1.62. The Labute approximate surface area is 136 Å². The van der Waals surface area contributed by atoms with Crippen LogP contribution in [0.3, 0.4) is 0 Å². The summed E-state index contributed by atoms with van der Waals surface area (Å²) in [6, 6.07) is 3.92. The molecule has 1 saturated heterocycles. The molecule has 5 nitrogen and oxygen atoms in total. The summed E-state index contributed by atoms with van der Waals surface area (Å²) >= 11 is 0. The summed E-state index contributed by atoms with van der Waals surface area (Å²) in [5, 5.41) is 13.3. The van der Waals surface area contributed by atoms with E-state index >= 15 is 0 Å². The van der Waals surface area contributed by atoms with Gasteiger partial charge in [0, 0.05) is 30.4 Å². The van der Waals surface area contributed by atoms with Crippen LogP contribution in [0.15, 0.2) is 12.1 Å². The van der Waals surface area contributed by atoms with Gasteiger partial charge in [0.15, 0.2) is 0 Å². The van der Waals surface area contributed by atoms with Gasteiger partial charge in [-0.25, -0.2) is 4.98 Å². The minimum Gasteiger partial charge on any atom is -0.392 e. The van der Waals surface area contributed by atoms with Crippen molar-refractivity contribution in [3.8, 4) is 0 Å². The Hall–Kier alpha value is -1.46. The van der Waals surface area contributed by atoms with Crippen molar-refractivity contribution in [2.45, 2.75) is 57.1 Å². The molecule has 0 unspecified atom stereocenters. The molecule has 1 saturated carbocycles. The number of aliphatic hydroxyl groups is 1.